The molecule has 0 spiro atoms. The van der Waals surface area contributed by atoms with Crippen molar-refractivity contribution < 1.29 is 36.9 Å². The third kappa shape index (κ3) is 4.72. The van der Waals surface area contributed by atoms with E-state index in [4.69, 9.17) is 18.9 Å². The number of hydrogen-bond acceptors (Lipinski definition) is 7. The van der Waals surface area contributed by atoms with Crippen LogP contribution < -0.4 is 9.47 Å². The topological polar surface area (TPSA) is 84.7 Å². The molecule has 2 heterocycles. The summed E-state index contributed by atoms with van der Waals surface area (Å²) in [7, 11) is 2.92. The molecule has 0 aliphatic carbocycles. The predicted octanol–water partition coefficient (Wildman–Crippen LogP) is 5.18. The minimum absolute atomic E-state index is 0.104. The van der Waals surface area contributed by atoms with E-state index in [1.807, 2.05) is 0 Å². The smallest absolute Gasteiger partial charge is 0.452 e. The summed E-state index contributed by atoms with van der Waals surface area (Å²) in [6, 6.07) is 9.88. The highest BCUT2D eigenvalue weighted by Crippen LogP contribution is 2.47. The number of nitrogens with zero attached hydrogens (tertiary/aromatic N) is 3. The summed E-state index contributed by atoms with van der Waals surface area (Å²) >= 11 is 3.40. The van der Waals surface area contributed by atoms with E-state index in [9.17, 15) is 18.0 Å². The number of carbonyl (C=O) groups excluding carboxylic acids is 1. The lowest BCUT2D eigenvalue weighted by atomic mass is 9.98. The molecule has 2 aromatic carbocycles. The van der Waals surface area contributed by atoms with Gasteiger partial charge in [-0.1, -0.05) is 28.1 Å². The van der Waals surface area contributed by atoms with Crippen molar-refractivity contribution in [3.05, 3.63) is 63.6 Å². The van der Waals surface area contributed by atoms with Crippen LogP contribution in [-0.2, 0) is 20.4 Å². The van der Waals surface area contributed by atoms with Crippen molar-refractivity contribution >= 4 is 21.9 Å². The van der Waals surface area contributed by atoms with Gasteiger partial charge in [-0.2, -0.15) is 13.2 Å². The third-order valence-corrected chi connectivity index (χ3v) is 5.91. The van der Waals surface area contributed by atoms with Crippen molar-refractivity contribution in [2.24, 2.45) is 0 Å². The molecule has 1 aliphatic rings. The molecule has 35 heavy (non-hydrogen) atoms. The van der Waals surface area contributed by atoms with Crippen LogP contribution in [-0.4, -0.2) is 41.6 Å². The van der Waals surface area contributed by atoms with Gasteiger partial charge in [-0.15, -0.1) is 10.2 Å². The first kappa shape index (κ1) is 25.0. The molecular formula is C23H21BrF3N3O5. The van der Waals surface area contributed by atoms with E-state index in [0.29, 0.717) is 27.1 Å². The summed E-state index contributed by atoms with van der Waals surface area (Å²) in [6.07, 6.45) is -7.33. The van der Waals surface area contributed by atoms with Crippen molar-refractivity contribution in [1.29, 1.82) is 0 Å². The molecule has 0 N–H and O–H groups in total. The summed E-state index contributed by atoms with van der Waals surface area (Å²) < 4.78 is 65.7. The molecule has 0 fully saturated rings. The molecular weight excluding hydrogens is 535 g/mol. The molecule has 1 aromatic heterocycles. The van der Waals surface area contributed by atoms with Gasteiger partial charge in [0.2, 0.25) is 5.82 Å². The lowest BCUT2D eigenvalue weighted by molar-refractivity contribution is -0.147. The summed E-state index contributed by atoms with van der Waals surface area (Å²) in [5.41, 5.74) is 1.03. The molecule has 12 heteroatoms. The van der Waals surface area contributed by atoms with Gasteiger partial charge in [0.25, 0.3) is 0 Å². The Balaban J connectivity index is 2.00. The van der Waals surface area contributed by atoms with Crippen LogP contribution in [0.25, 0.3) is 5.69 Å². The number of aromatic nitrogens is 3. The van der Waals surface area contributed by atoms with Crippen LogP contribution in [0.15, 0.2) is 40.9 Å². The third-order valence-electron chi connectivity index (χ3n) is 5.42. The fourth-order valence-electron chi connectivity index (χ4n) is 4.03. The summed E-state index contributed by atoms with van der Waals surface area (Å²) in [5, 5.41) is 7.19. The fraction of sp³-hybridized carbons (Fsp3) is 0.348. The number of para-hydroxylation sites is 1. The van der Waals surface area contributed by atoms with Gasteiger partial charge < -0.3 is 18.9 Å². The van der Waals surface area contributed by atoms with E-state index in [2.05, 4.69) is 26.1 Å². The van der Waals surface area contributed by atoms with E-state index >= 15 is 0 Å². The van der Waals surface area contributed by atoms with Gasteiger partial charge in [0, 0.05) is 15.6 Å². The number of rotatable bonds is 6. The van der Waals surface area contributed by atoms with Crippen molar-refractivity contribution in [1.82, 2.24) is 14.8 Å². The summed E-state index contributed by atoms with van der Waals surface area (Å²) in [6.45, 7) is 1.74. The second-order valence-electron chi connectivity index (χ2n) is 7.51. The Kier molecular flexibility index (Phi) is 7.04. The highest BCUT2D eigenvalue weighted by Gasteiger charge is 2.44. The van der Waals surface area contributed by atoms with Gasteiger partial charge in [0.05, 0.1) is 32.9 Å². The van der Waals surface area contributed by atoms with E-state index in [1.165, 1.54) is 20.3 Å². The molecule has 0 radical (unpaired) electrons. The standard InChI is InChI=1S/C23H21BrF3N3O5/c1-4-34-18(31)11-17-21-28-29-22(23(25,26)27)30(21)15-9-8-12(24)10-14(15)19(35-17)13-6-5-7-16(32-2)20(13)33-3/h5-10,17,19H,4,11H2,1-3H3/t17-,19-/m0/s1. The number of esters is 1. The number of carbonyl (C=O) groups is 1. The van der Waals surface area contributed by atoms with Crippen molar-refractivity contribution in [2.45, 2.75) is 31.7 Å². The van der Waals surface area contributed by atoms with Crippen LogP contribution in [0, 0.1) is 0 Å². The number of methoxy groups -OCH3 is 2. The number of fused-ring (bicyclic) bond motifs is 3. The zero-order chi connectivity index (χ0) is 25.3. The quantitative estimate of drug-likeness (QED) is 0.387. The number of alkyl halides is 3. The molecule has 0 unspecified atom stereocenters. The minimum Gasteiger partial charge on any atom is -0.493 e. The molecule has 0 saturated carbocycles. The normalized spacial score (nSPS) is 17.2. The van der Waals surface area contributed by atoms with Crippen LogP contribution in [0.5, 0.6) is 11.5 Å². The average Bonchev–Trinajstić information content (AvgIpc) is 3.22. The first-order chi connectivity index (χ1) is 16.7. The molecule has 8 nitrogen and oxygen atoms in total. The second-order valence-corrected chi connectivity index (χ2v) is 8.43. The Bertz CT molecular complexity index is 1250. The molecule has 1 aliphatic heterocycles. The number of benzene rings is 2. The van der Waals surface area contributed by atoms with Crippen LogP contribution >= 0.6 is 15.9 Å². The van der Waals surface area contributed by atoms with Crippen LogP contribution in [0.2, 0.25) is 0 Å². The van der Waals surface area contributed by atoms with E-state index in [1.54, 1.807) is 37.3 Å². The number of halogens is 4. The maximum atomic E-state index is 14.0. The van der Waals surface area contributed by atoms with Crippen molar-refractivity contribution in [2.75, 3.05) is 20.8 Å². The number of hydrogen-bond donors (Lipinski definition) is 0. The van der Waals surface area contributed by atoms with E-state index in [-0.39, 0.29) is 24.5 Å². The van der Waals surface area contributed by atoms with Gasteiger partial charge in [0.15, 0.2) is 17.3 Å². The molecule has 186 valence electrons. The highest BCUT2D eigenvalue weighted by molar-refractivity contribution is 9.10. The maximum absolute atomic E-state index is 14.0. The first-order valence-corrected chi connectivity index (χ1v) is 11.3. The van der Waals surface area contributed by atoms with E-state index in [0.717, 1.165) is 4.57 Å². The first-order valence-electron chi connectivity index (χ1n) is 10.5. The lowest BCUT2D eigenvalue weighted by Crippen LogP contribution is -2.18. The largest absolute Gasteiger partial charge is 0.493 e. The predicted molar refractivity (Wildman–Crippen MR) is 121 cm³/mol. The Morgan fingerprint density at radius 1 is 1.14 bits per heavy atom. The van der Waals surface area contributed by atoms with Crippen molar-refractivity contribution in [3.8, 4) is 17.2 Å². The fourth-order valence-corrected chi connectivity index (χ4v) is 4.41. The molecule has 0 bridgehead atoms. The monoisotopic (exact) mass is 555 g/mol. The molecule has 0 saturated heterocycles. The Hall–Kier alpha value is -3.12. The van der Waals surface area contributed by atoms with Gasteiger partial charge in [-0.3, -0.25) is 9.36 Å². The average molecular weight is 556 g/mol. The minimum atomic E-state index is -4.81. The zero-order valence-electron chi connectivity index (χ0n) is 18.9. The van der Waals surface area contributed by atoms with Gasteiger partial charge in [-0.25, -0.2) is 0 Å². The molecule has 3 aromatic rings. The highest BCUT2D eigenvalue weighted by atomic mass is 79.9. The Labute approximate surface area is 207 Å². The lowest BCUT2D eigenvalue weighted by Gasteiger charge is -2.24. The van der Waals surface area contributed by atoms with Crippen molar-refractivity contribution in [3.63, 3.8) is 0 Å². The van der Waals surface area contributed by atoms with Crippen LogP contribution in [0.3, 0.4) is 0 Å². The van der Waals surface area contributed by atoms with Gasteiger partial charge >= 0.3 is 12.1 Å². The molecule has 0 amide bonds. The van der Waals surface area contributed by atoms with Crippen LogP contribution in [0.1, 0.15) is 48.3 Å². The van der Waals surface area contributed by atoms with Gasteiger partial charge in [-0.05, 0) is 31.2 Å². The Morgan fingerprint density at radius 2 is 1.91 bits per heavy atom. The number of ether oxygens (including phenoxy) is 4. The Morgan fingerprint density at radius 3 is 2.57 bits per heavy atom. The molecule has 4 rings (SSSR count). The maximum Gasteiger partial charge on any atom is 0.452 e. The SMILES string of the molecule is CCOC(=O)C[C@@H]1O[C@@H](c2cccc(OC)c2OC)c2cc(Br)ccc2-n2c1nnc2C(F)(F)F. The molecule has 2 atom stereocenters. The van der Waals surface area contributed by atoms with Crippen LogP contribution in [0.4, 0.5) is 13.2 Å². The van der Waals surface area contributed by atoms with E-state index < -0.39 is 30.2 Å². The summed E-state index contributed by atoms with van der Waals surface area (Å²) in [5.74, 6) is -1.30. The van der Waals surface area contributed by atoms with Gasteiger partial charge in [0.1, 0.15) is 12.2 Å². The summed E-state index contributed by atoms with van der Waals surface area (Å²) in [4.78, 5) is 12.4. The zero-order valence-corrected chi connectivity index (χ0v) is 20.5. The second kappa shape index (κ2) is 9.86.